The van der Waals surface area contributed by atoms with Gasteiger partial charge in [0.25, 0.3) is 0 Å². The van der Waals surface area contributed by atoms with Crippen LogP contribution in [0.5, 0.6) is 0 Å². The summed E-state index contributed by atoms with van der Waals surface area (Å²) < 4.78 is 2.40. The van der Waals surface area contributed by atoms with Crippen LogP contribution in [0.1, 0.15) is 10.5 Å². The van der Waals surface area contributed by atoms with E-state index in [1.54, 1.807) is 16.8 Å². The number of nitrogens with zero attached hydrogens (tertiary/aromatic N) is 3. The molecule has 0 aromatic carbocycles. The molecule has 0 aliphatic heterocycles. The highest BCUT2D eigenvalue weighted by molar-refractivity contribution is 9.10. The van der Waals surface area contributed by atoms with Crippen molar-refractivity contribution in [3.63, 3.8) is 0 Å². The molecule has 2 rings (SSSR count). The Morgan fingerprint density at radius 3 is 2.93 bits per heavy atom. The molecule has 14 heavy (non-hydrogen) atoms. The maximum atomic E-state index is 11.4. The molecule has 0 spiro atoms. The van der Waals surface area contributed by atoms with Gasteiger partial charge in [-0.25, -0.2) is 9.97 Å². The molecule has 2 N–H and O–H groups in total. The highest BCUT2D eigenvalue weighted by Gasteiger charge is 2.10. The van der Waals surface area contributed by atoms with Crippen LogP contribution in [0.2, 0.25) is 0 Å². The van der Waals surface area contributed by atoms with Crippen molar-refractivity contribution in [2.24, 2.45) is 5.73 Å². The topological polar surface area (TPSA) is 73.3 Å². The Morgan fingerprint density at radius 1 is 1.50 bits per heavy atom. The van der Waals surface area contributed by atoms with Crippen molar-refractivity contribution in [1.82, 2.24) is 14.4 Å². The number of hydrogen-bond acceptors (Lipinski definition) is 4. The number of carbonyl (C=O) groups excluding carboxylic acids is 1. The number of nitrogens with two attached hydrogens (primary N) is 1. The van der Waals surface area contributed by atoms with Gasteiger partial charge >= 0.3 is 0 Å². The van der Waals surface area contributed by atoms with Crippen LogP contribution in [0, 0.1) is 0 Å². The average Bonchev–Trinajstić information content (AvgIpc) is 2.59. The molecule has 0 saturated heterocycles. The van der Waals surface area contributed by atoms with Gasteiger partial charge in [0.05, 0.1) is 17.2 Å². The van der Waals surface area contributed by atoms with E-state index in [9.17, 15) is 4.79 Å². The summed E-state index contributed by atoms with van der Waals surface area (Å²) in [5, 5.41) is 0. The van der Waals surface area contributed by atoms with Crippen molar-refractivity contribution in [3.8, 4) is 0 Å². The third kappa shape index (κ3) is 1.42. The number of ketones is 1. The molecule has 0 saturated carbocycles. The minimum absolute atomic E-state index is 0.0275. The lowest BCUT2D eigenvalue weighted by Gasteiger charge is -1.98. The van der Waals surface area contributed by atoms with Crippen LogP contribution in [0.4, 0.5) is 0 Å². The summed E-state index contributed by atoms with van der Waals surface area (Å²) in [7, 11) is 0. The first-order chi connectivity index (χ1) is 6.72. The number of imidazole rings is 1. The second-order valence-corrected chi connectivity index (χ2v) is 3.63. The second-order valence-electron chi connectivity index (χ2n) is 2.71. The van der Waals surface area contributed by atoms with Gasteiger partial charge in [-0.3, -0.25) is 9.20 Å². The monoisotopic (exact) mass is 254 g/mol. The molecule has 0 aliphatic rings. The van der Waals surface area contributed by atoms with Crippen LogP contribution in [0.25, 0.3) is 5.78 Å². The lowest BCUT2D eigenvalue weighted by molar-refractivity contribution is 0.0996. The van der Waals surface area contributed by atoms with Crippen LogP contribution < -0.4 is 5.73 Å². The van der Waals surface area contributed by atoms with Gasteiger partial charge < -0.3 is 5.73 Å². The maximum absolute atomic E-state index is 11.4. The first-order valence-electron chi connectivity index (χ1n) is 3.94. The molecule has 72 valence electrons. The van der Waals surface area contributed by atoms with Crippen LogP contribution in [0.3, 0.4) is 0 Å². The summed E-state index contributed by atoms with van der Waals surface area (Å²) in [6, 6.07) is 0. The minimum Gasteiger partial charge on any atom is -0.324 e. The highest BCUT2D eigenvalue weighted by atomic mass is 79.9. The third-order valence-corrected chi connectivity index (χ3v) is 2.21. The van der Waals surface area contributed by atoms with E-state index < -0.39 is 0 Å². The fourth-order valence-electron chi connectivity index (χ4n) is 1.16. The molecular weight excluding hydrogens is 248 g/mol. The molecular formula is C8H7BrN4O. The van der Waals surface area contributed by atoms with E-state index in [1.807, 2.05) is 0 Å². The minimum atomic E-state index is -0.155. The Kier molecular flexibility index (Phi) is 2.30. The number of halogens is 1. The Labute approximate surface area is 88.1 Å². The van der Waals surface area contributed by atoms with Crippen molar-refractivity contribution in [1.29, 1.82) is 0 Å². The van der Waals surface area contributed by atoms with Gasteiger partial charge in [0.15, 0.2) is 5.78 Å². The molecule has 0 bridgehead atoms. The van der Waals surface area contributed by atoms with E-state index >= 15 is 0 Å². The number of aromatic nitrogens is 3. The number of fused-ring (bicyclic) bond motifs is 1. The zero-order chi connectivity index (χ0) is 10.1. The average molecular weight is 255 g/mol. The number of rotatable bonds is 2. The van der Waals surface area contributed by atoms with Crippen molar-refractivity contribution >= 4 is 27.5 Å². The molecule has 0 aliphatic carbocycles. The van der Waals surface area contributed by atoms with Gasteiger partial charge in [0.1, 0.15) is 5.69 Å². The van der Waals surface area contributed by atoms with Gasteiger partial charge in [-0.15, -0.1) is 0 Å². The largest absolute Gasteiger partial charge is 0.324 e. The number of hydrogen-bond donors (Lipinski definition) is 1. The van der Waals surface area contributed by atoms with E-state index in [0.717, 1.165) is 4.47 Å². The third-order valence-electron chi connectivity index (χ3n) is 1.80. The van der Waals surface area contributed by atoms with Crippen LogP contribution in [-0.2, 0) is 0 Å². The fourth-order valence-corrected chi connectivity index (χ4v) is 1.47. The van der Waals surface area contributed by atoms with Crippen LogP contribution >= 0.6 is 15.9 Å². The number of Topliss-reactive ketones (excluding diaryl/α,β-unsaturated/α-hetero) is 1. The highest BCUT2D eigenvalue weighted by Crippen LogP contribution is 2.11. The van der Waals surface area contributed by atoms with E-state index in [1.165, 1.54) is 6.20 Å². The zero-order valence-corrected chi connectivity index (χ0v) is 8.73. The lowest BCUT2D eigenvalue weighted by Crippen LogP contribution is -2.15. The van der Waals surface area contributed by atoms with Crippen molar-refractivity contribution < 1.29 is 4.79 Å². The van der Waals surface area contributed by atoms with E-state index in [4.69, 9.17) is 5.73 Å². The Bertz CT molecular complexity index is 493. The summed E-state index contributed by atoms with van der Waals surface area (Å²) in [6.45, 7) is -0.0275. The molecule has 0 unspecified atom stereocenters. The van der Waals surface area contributed by atoms with Crippen LogP contribution in [-0.4, -0.2) is 26.7 Å². The van der Waals surface area contributed by atoms with Gasteiger partial charge in [-0.05, 0) is 15.9 Å². The standard InChI is InChI=1S/C8H7BrN4O/c9-5-2-11-8-12-3-6(7(14)1-10)13(8)4-5/h2-4H,1,10H2. The molecule has 0 atom stereocenters. The summed E-state index contributed by atoms with van der Waals surface area (Å²) in [5.74, 6) is 0.336. The van der Waals surface area contributed by atoms with Crippen LogP contribution in [0.15, 0.2) is 23.1 Å². The quantitative estimate of drug-likeness (QED) is 0.799. The smallest absolute Gasteiger partial charge is 0.234 e. The van der Waals surface area contributed by atoms with Crippen molar-refractivity contribution in [2.75, 3.05) is 6.54 Å². The first-order valence-corrected chi connectivity index (χ1v) is 4.73. The second kappa shape index (κ2) is 3.47. The SMILES string of the molecule is NCC(=O)c1cnc2ncc(Br)cn12. The lowest BCUT2D eigenvalue weighted by atomic mass is 10.3. The predicted octanol–water partition coefficient (Wildman–Crippen LogP) is 0.633. The summed E-state index contributed by atoms with van der Waals surface area (Å²) >= 11 is 3.27. The Morgan fingerprint density at radius 2 is 2.21 bits per heavy atom. The molecule has 6 heteroatoms. The molecule has 0 radical (unpaired) electrons. The van der Waals surface area contributed by atoms with Gasteiger partial charge in [0.2, 0.25) is 5.78 Å². The van der Waals surface area contributed by atoms with Gasteiger partial charge in [0, 0.05) is 12.4 Å². The number of carbonyl (C=O) groups is 1. The zero-order valence-electron chi connectivity index (χ0n) is 7.14. The summed E-state index contributed by atoms with van der Waals surface area (Å²) in [5.41, 5.74) is 5.72. The fraction of sp³-hybridized carbons (Fsp3) is 0.125. The molecule has 2 aromatic heterocycles. The summed E-state index contributed by atoms with van der Waals surface area (Å²) in [6.07, 6.45) is 4.83. The Balaban J connectivity index is 2.67. The molecule has 2 heterocycles. The van der Waals surface area contributed by atoms with Gasteiger partial charge in [-0.2, -0.15) is 0 Å². The van der Waals surface area contributed by atoms with E-state index in [2.05, 4.69) is 25.9 Å². The van der Waals surface area contributed by atoms with Crippen molar-refractivity contribution in [3.05, 3.63) is 28.8 Å². The van der Waals surface area contributed by atoms with Crippen molar-refractivity contribution in [2.45, 2.75) is 0 Å². The maximum Gasteiger partial charge on any atom is 0.234 e. The Hall–Kier alpha value is -1.27. The molecule has 5 nitrogen and oxygen atoms in total. The predicted molar refractivity (Wildman–Crippen MR) is 54.1 cm³/mol. The normalized spacial score (nSPS) is 10.7. The van der Waals surface area contributed by atoms with E-state index in [-0.39, 0.29) is 12.3 Å². The van der Waals surface area contributed by atoms with E-state index in [0.29, 0.717) is 11.5 Å². The molecule has 2 aromatic rings. The summed E-state index contributed by atoms with van der Waals surface area (Å²) in [4.78, 5) is 19.4. The first kappa shape index (κ1) is 9.29. The molecule has 0 amide bonds. The molecule has 0 fully saturated rings. The van der Waals surface area contributed by atoms with Gasteiger partial charge in [-0.1, -0.05) is 0 Å².